The summed E-state index contributed by atoms with van der Waals surface area (Å²) in [5, 5.41) is 17.4. The molecular weight excluding hydrogens is 260 g/mol. The van der Waals surface area contributed by atoms with Crippen molar-refractivity contribution in [1.29, 1.82) is 0 Å². The number of nitro groups is 1. The van der Waals surface area contributed by atoms with Crippen LogP contribution in [-0.4, -0.2) is 20.6 Å². The smallest absolute Gasteiger partial charge is 0.320 e. The monoisotopic (exact) mass is 274 g/mol. The first kappa shape index (κ1) is 13.7. The predicted octanol–water partition coefficient (Wildman–Crippen LogP) is 2.20. The maximum absolute atomic E-state index is 12.2. The van der Waals surface area contributed by atoms with Crippen molar-refractivity contribution < 1.29 is 9.72 Å². The second-order valence-electron chi connectivity index (χ2n) is 4.48. The van der Waals surface area contributed by atoms with Gasteiger partial charge >= 0.3 is 5.69 Å². The summed E-state index contributed by atoms with van der Waals surface area (Å²) in [6.07, 6.45) is 1.07. The lowest BCUT2D eigenvalue weighted by molar-refractivity contribution is -0.385. The molecule has 1 heterocycles. The molecule has 7 heteroatoms. The van der Waals surface area contributed by atoms with Crippen LogP contribution in [0.3, 0.4) is 0 Å². The normalized spacial score (nSPS) is 10.3. The van der Waals surface area contributed by atoms with E-state index in [-0.39, 0.29) is 11.4 Å². The Kier molecular flexibility index (Phi) is 3.51. The van der Waals surface area contributed by atoms with Crippen LogP contribution in [0.4, 0.5) is 11.4 Å². The highest BCUT2D eigenvalue weighted by molar-refractivity contribution is 6.06. The summed E-state index contributed by atoms with van der Waals surface area (Å²) in [4.78, 5) is 22.5. The van der Waals surface area contributed by atoms with E-state index in [1.165, 1.54) is 11.7 Å². The van der Waals surface area contributed by atoms with Crippen LogP contribution in [0.1, 0.15) is 21.6 Å². The summed E-state index contributed by atoms with van der Waals surface area (Å²) in [6, 6.07) is 5.60. The Morgan fingerprint density at radius 3 is 2.50 bits per heavy atom. The van der Waals surface area contributed by atoms with Crippen molar-refractivity contribution in [2.45, 2.75) is 13.8 Å². The Balaban J connectivity index is 2.39. The standard InChI is InChI=1S/C13H14N4O3/c1-8-5-4-6-9(2)11(8)15-13(18)12-10(17(19)20)7-14-16(12)3/h4-7H,1-3H3,(H,15,18). The van der Waals surface area contributed by atoms with Crippen molar-refractivity contribution >= 4 is 17.3 Å². The maximum Gasteiger partial charge on any atom is 0.320 e. The first-order valence-corrected chi connectivity index (χ1v) is 5.95. The van der Waals surface area contributed by atoms with Gasteiger partial charge in [-0.05, 0) is 25.0 Å². The summed E-state index contributed by atoms with van der Waals surface area (Å²) >= 11 is 0. The van der Waals surface area contributed by atoms with Crippen molar-refractivity contribution in [1.82, 2.24) is 9.78 Å². The van der Waals surface area contributed by atoms with Gasteiger partial charge in [0.25, 0.3) is 5.91 Å². The number of benzene rings is 1. The summed E-state index contributed by atoms with van der Waals surface area (Å²) < 4.78 is 1.20. The van der Waals surface area contributed by atoms with Gasteiger partial charge < -0.3 is 5.32 Å². The number of rotatable bonds is 3. The van der Waals surface area contributed by atoms with E-state index < -0.39 is 10.8 Å². The Morgan fingerprint density at radius 1 is 1.35 bits per heavy atom. The van der Waals surface area contributed by atoms with Crippen LogP contribution in [0.2, 0.25) is 0 Å². The molecule has 7 nitrogen and oxygen atoms in total. The quantitative estimate of drug-likeness (QED) is 0.686. The van der Waals surface area contributed by atoms with Crippen LogP contribution in [0.15, 0.2) is 24.4 Å². The topological polar surface area (TPSA) is 90.1 Å². The van der Waals surface area contributed by atoms with Gasteiger partial charge in [-0.15, -0.1) is 0 Å². The van der Waals surface area contributed by atoms with Crippen LogP contribution in [-0.2, 0) is 7.05 Å². The molecule has 0 aliphatic heterocycles. The second kappa shape index (κ2) is 5.12. The van der Waals surface area contributed by atoms with Gasteiger partial charge in [-0.1, -0.05) is 18.2 Å². The summed E-state index contributed by atoms with van der Waals surface area (Å²) in [7, 11) is 1.49. The maximum atomic E-state index is 12.2. The Morgan fingerprint density at radius 2 is 1.95 bits per heavy atom. The molecule has 0 saturated carbocycles. The zero-order valence-corrected chi connectivity index (χ0v) is 11.4. The van der Waals surface area contributed by atoms with E-state index in [0.29, 0.717) is 5.69 Å². The average Bonchev–Trinajstić information content (AvgIpc) is 2.76. The number of para-hydroxylation sites is 1. The second-order valence-corrected chi connectivity index (χ2v) is 4.48. The molecule has 1 N–H and O–H groups in total. The van der Waals surface area contributed by atoms with Crippen LogP contribution in [0.25, 0.3) is 0 Å². The number of hydrogen-bond acceptors (Lipinski definition) is 4. The molecule has 0 spiro atoms. The Bertz CT molecular complexity index is 671. The van der Waals surface area contributed by atoms with Crippen LogP contribution < -0.4 is 5.32 Å². The molecule has 1 aromatic carbocycles. The largest absolute Gasteiger partial charge is 0.320 e. The number of nitrogens with one attached hydrogen (secondary N) is 1. The minimum atomic E-state index is -0.618. The molecule has 0 unspecified atom stereocenters. The third-order valence-corrected chi connectivity index (χ3v) is 3.05. The summed E-state index contributed by atoms with van der Waals surface area (Å²) in [6.45, 7) is 3.72. The average molecular weight is 274 g/mol. The molecule has 20 heavy (non-hydrogen) atoms. The molecule has 0 aliphatic carbocycles. The number of carbonyl (C=O) groups is 1. The van der Waals surface area contributed by atoms with Gasteiger partial charge in [-0.3, -0.25) is 19.6 Å². The van der Waals surface area contributed by atoms with Crippen molar-refractivity contribution in [3.63, 3.8) is 0 Å². The molecule has 0 saturated heterocycles. The number of aromatic nitrogens is 2. The van der Waals surface area contributed by atoms with Gasteiger partial charge in [0.15, 0.2) is 0 Å². The van der Waals surface area contributed by atoms with Crippen LogP contribution in [0, 0.1) is 24.0 Å². The van der Waals surface area contributed by atoms with E-state index in [9.17, 15) is 14.9 Å². The highest BCUT2D eigenvalue weighted by Crippen LogP contribution is 2.23. The fourth-order valence-electron chi connectivity index (χ4n) is 2.01. The lowest BCUT2D eigenvalue weighted by Gasteiger charge is -2.11. The van der Waals surface area contributed by atoms with Crippen molar-refractivity contribution in [3.8, 4) is 0 Å². The summed E-state index contributed by atoms with van der Waals surface area (Å²) in [5.41, 5.74) is 2.06. The van der Waals surface area contributed by atoms with Crippen LogP contribution >= 0.6 is 0 Å². The van der Waals surface area contributed by atoms with E-state index in [1.54, 1.807) is 0 Å². The molecular formula is C13H14N4O3. The lowest BCUT2D eigenvalue weighted by Crippen LogP contribution is -2.18. The zero-order valence-electron chi connectivity index (χ0n) is 11.4. The molecule has 2 rings (SSSR count). The minimum absolute atomic E-state index is 0.0716. The summed E-state index contributed by atoms with van der Waals surface area (Å²) in [5.74, 6) is -0.547. The van der Waals surface area contributed by atoms with Gasteiger partial charge in [-0.2, -0.15) is 5.10 Å². The molecule has 1 amide bonds. The molecule has 0 bridgehead atoms. The number of anilines is 1. The molecule has 0 atom stereocenters. The molecule has 1 aromatic heterocycles. The van der Waals surface area contributed by atoms with Gasteiger partial charge in [0.2, 0.25) is 5.69 Å². The van der Waals surface area contributed by atoms with Gasteiger partial charge in [-0.25, -0.2) is 0 Å². The van der Waals surface area contributed by atoms with Crippen molar-refractivity contribution in [2.75, 3.05) is 5.32 Å². The van der Waals surface area contributed by atoms with Crippen molar-refractivity contribution in [2.24, 2.45) is 7.05 Å². The number of hydrogen-bond donors (Lipinski definition) is 1. The van der Waals surface area contributed by atoms with E-state index in [2.05, 4.69) is 10.4 Å². The first-order chi connectivity index (χ1) is 9.41. The van der Waals surface area contributed by atoms with Crippen molar-refractivity contribution in [3.05, 3.63) is 51.3 Å². The lowest BCUT2D eigenvalue weighted by atomic mass is 10.1. The number of nitrogens with zero attached hydrogens (tertiary/aromatic N) is 3. The minimum Gasteiger partial charge on any atom is -0.320 e. The third-order valence-electron chi connectivity index (χ3n) is 3.05. The highest BCUT2D eigenvalue weighted by Gasteiger charge is 2.26. The molecule has 2 aromatic rings. The van der Waals surface area contributed by atoms with E-state index in [4.69, 9.17) is 0 Å². The SMILES string of the molecule is Cc1cccc(C)c1NC(=O)c1c([N+](=O)[O-])cnn1C. The number of aryl methyl sites for hydroxylation is 3. The number of amides is 1. The van der Waals surface area contributed by atoms with E-state index >= 15 is 0 Å². The van der Waals surface area contributed by atoms with E-state index in [1.807, 2.05) is 32.0 Å². The zero-order chi connectivity index (χ0) is 14.9. The first-order valence-electron chi connectivity index (χ1n) is 5.95. The Labute approximate surface area is 115 Å². The van der Waals surface area contributed by atoms with Gasteiger partial charge in [0.1, 0.15) is 6.20 Å². The fraction of sp³-hybridized carbons (Fsp3) is 0.231. The van der Waals surface area contributed by atoms with Crippen LogP contribution in [0.5, 0.6) is 0 Å². The molecule has 0 fully saturated rings. The van der Waals surface area contributed by atoms with Gasteiger partial charge in [0, 0.05) is 12.7 Å². The fourth-order valence-corrected chi connectivity index (χ4v) is 2.01. The molecule has 104 valence electrons. The predicted molar refractivity (Wildman–Crippen MR) is 73.7 cm³/mol. The molecule has 0 radical (unpaired) electrons. The third kappa shape index (κ3) is 2.37. The molecule has 0 aliphatic rings. The highest BCUT2D eigenvalue weighted by atomic mass is 16.6. The number of carbonyl (C=O) groups excluding carboxylic acids is 1. The Hall–Kier alpha value is -2.70. The van der Waals surface area contributed by atoms with E-state index in [0.717, 1.165) is 17.3 Å². The van der Waals surface area contributed by atoms with Gasteiger partial charge in [0.05, 0.1) is 4.92 Å².